The third kappa shape index (κ3) is 3.66. The molecule has 0 bridgehead atoms. The van der Waals surface area contributed by atoms with Crippen molar-refractivity contribution in [2.45, 2.75) is 37.3 Å². The van der Waals surface area contributed by atoms with Crippen LogP contribution in [-0.4, -0.2) is 22.5 Å². The van der Waals surface area contributed by atoms with Crippen LogP contribution in [-0.2, 0) is 20.3 Å². The molecular formula is C13H18O3S. The lowest BCUT2D eigenvalue weighted by Gasteiger charge is -2.11. The van der Waals surface area contributed by atoms with Crippen LogP contribution in [0, 0.1) is 13.8 Å². The Morgan fingerprint density at radius 2 is 2.00 bits per heavy atom. The fourth-order valence-electron chi connectivity index (χ4n) is 1.47. The first kappa shape index (κ1) is 13.9. The maximum absolute atomic E-state index is 12.2. The molecular weight excluding hydrogens is 236 g/mol. The Hall–Kier alpha value is -1.16. The van der Waals surface area contributed by atoms with Crippen LogP contribution in [0.5, 0.6) is 0 Å². The topological polar surface area (TPSA) is 43.4 Å². The number of methoxy groups -OCH3 is 1. The Kier molecular flexibility index (Phi) is 4.87. The van der Waals surface area contributed by atoms with Gasteiger partial charge in [0, 0.05) is 10.1 Å². The number of aryl methyl sites for hydroxylation is 2. The zero-order chi connectivity index (χ0) is 13.0. The van der Waals surface area contributed by atoms with Crippen LogP contribution in [0.15, 0.2) is 23.1 Å². The maximum atomic E-state index is 12.2. The summed E-state index contributed by atoms with van der Waals surface area (Å²) in [5, 5.41) is -0.232. The Labute approximate surface area is 105 Å². The minimum Gasteiger partial charge on any atom is -0.469 e. The van der Waals surface area contributed by atoms with E-state index in [1.807, 2.05) is 32.0 Å². The van der Waals surface area contributed by atoms with E-state index in [2.05, 4.69) is 4.74 Å². The van der Waals surface area contributed by atoms with Crippen molar-refractivity contribution in [2.24, 2.45) is 0 Å². The smallest absolute Gasteiger partial charge is 0.306 e. The SMILES string of the molecule is COC(=O)CC(C)S(=O)c1ccc(C)c(C)c1. The molecule has 0 radical (unpaired) electrons. The summed E-state index contributed by atoms with van der Waals surface area (Å²) in [7, 11) is 0.172. The number of hydrogen-bond acceptors (Lipinski definition) is 3. The first-order valence-corrected chi connectivity index (χ1v) is 6.71. The van der Waals surface area contributed by atoms with E-state index in [0.29, 0.717) is 0 Å². The van der Waals surface area contributed by atoms with Crippen molar-refractivity contribution in [3.63, 3.8) is 0 Å². The molecule has 1 aromatic carbocycles. The van der Waals surface area contributed by atoms with E-state index >= 15 is 0 Å². The number of carbonyl (C=O) groups excluding carboxylic acids is 1. The van der Waals surface area contributed by atoms with Crippen LogP contribution in [0.1, 0.15) is 24.5 Å². The molecule has 0 aromatic heterocycles. The van der Waals surface area contributed by atoms with Gasteiger partial charge in [0.1, 0.15) is 0 Å². The molecule has 0 saturated carbocycles. The molecule has 2 atom stereocenters. The molecule has 3 nitrogen and oxygen atoms in total. The van der Waals surface area contributed by atoms with Crippen LogP contribution in [0.25, 0.3) is 0 Å². The van der Waals surface area contributed by atoms with Gasteiger partial charge in [0.25, 0.3) is 0 Å². The van der Waals surface area contributed by atoms with Gasteiger partial charge in [0.05, 0.1) is 24.3 Å². The molecule has 0 spiro atoms. The van der Waals surface area contributed by atoms with Gasteiger partial charge >= 0.3 is 5.97 Å². The third-order valence-electron chi connectivity index (χ3n) is 2.76. The van der Waals surface area contributed by atoms with Crippen LogP contribution in [0.3, 0.4) is 0 Å². The molecule has 0 aliphatic carbocycles. The summed E-state index contributed by atoms with van der Waals surface area (Å²) in [5.41, 5.74) is 2.28. The van der Waals surface area contributed by atoms with Gasteiger partial charge < -0.3 is 4.74 Å². The summed E-state index contributed by atoms with van der Waals surface area (Å²) in [4.78, 5) is 11.9. The fourth-order valence-corrected chi connectivity index (χ4v) is 2.71. The van der Waals surface area contributed by atoms with Crippen LogP contribution in [0.2, 0.25) is 0 Å². The quantitative estimate of drug-likeness (QED) is 0.775. The number of ether oxygens (including phenoxy) is 1. The molecule has 0 amide bonds. The second-order valence-electron chi connectivity index (χ2n) is 4.13. The number of carbonyl (C=O) groups is 1. The van der Waals surface area contributed by atoms with Crippen molar-refractivity contribution >= 4 is 16.8 Å². The van der Waals surface area contributed by atoms with Crippen molar-refractivity contribution in [2.75, 3.05) is 7.11 Å². The number of hydrogen-bond donors (Lipinski definition) is 0. The summed E-state index contributed by atoms with van der Waals surface area (Å²) in [6, 6.07) is 5.72. The minimum absolute atomic E-state index is 0.177. The van der Waals surface area contributed by atoms with Gasteiger partial charge in [0.2, 0.25) is 0 Å². The van der Waals surface area contributed by atoms with E-state index in [-0.39, 0.29) is 17.6 Å². The summed E-state index contributed by atoms with van der Waals surface area (Å²) >= 11 is 0. The largest absolute Gasteiger partial charge is 0.469 e. The Balaban J connectivity index is 2.81. The average Bonchev–Trinajstić information content (AvgIpc) is 2.31. The molecule has 0 saturated heterocycles. The molecule has 17 heavy (non-hydrogen) atoms. The second-order valence-corrected chi connectivity index (χ2v) is 6.01. The van der Waals surface area contributed by atoms with Crippen LogP contribution >= 0.6 is 0 Å². The van der Waals surface area contributed by atoms with E-state index in [0.717, 1.165) is 10.5 Å². The van der Waals surface area contributed by atoms with Gasteiger partial charge in [-0.05, 0) is 44.0 Å². The van der Waals surface area contributed by atoms with Crippen molar-refractivity contribution in [1.29, 1.82) is 0 Å². The van der Waals surface area contributed by atoms with E-state index in [1.165, 1.54) is 12.7 Å². The zero-order valence-corrected chi connectivity index (χ0v) is 11.5. The normalized spacial score (nSPS) is 14.1. The van der Waals surface area contributed by atoms with E-state index in [4.69, 9.17) is 0 Å². The van der Waals surface area contributed by atoms with Gasteiger partial charge in [-0.2, -0.15) is 0 Å². The van der Waals surface area contributed by atoms with Gasteiger partial charge in [0.15, 0.2) is 0 Å². The fraction of sp³-hybridized carbons (Fsp3) is 0.462. The Morgan fingerprint density at radius 3 is 2.53 bits per heavy atom. The summed E-state index contributed by atoms with van der Waals surface area (Å²) < 4.78 is 16.7. The van der Waals surface area contributed by atoms with Gasteiger partial charge in [-0.3, -0.25) is 9.00 Å². The molecule has 94 valence electrons. The number of esters is 1. The lowest BCUT2D eigenvalue weighted by Crippen LogP contribution is -2.17. The maximum Gasteiger partial charge on any atom is 0.306 e. The first-order valence-electron chi connectivity index (χ1n) is 5.50. The number of benzene rings is 1. The molecule has 0 heterocycles. The van der Waals surface area contributed by atoms with E-state index in [1.54, 1.807) is 6.92 Å². The molecule has 4 heteroatoms. The summed E-state index contributed by atoms with van der Waals surface area (Å²) in [6.45, 7) is 5.79. The molecule has 2 unspecified atom stereocenters. The van der Waals surface area contributed by atoms with Crippen molar-refractivity contribution < 1.29 is 13.7 Å². The standard InChI is InChI=1S/C13H18O3S/c1-9-5-6-12(7-10(9)2)17(15)11(3)8-13(14)16-4/h5-7,11H,8H2,1-4H3. The predicted octanol–water partition coefficient (Wildman–Crippen LogP) is 2.36. The van der Waals surface area contributed by atoms with E-state index in [9.17, 15) is 9.00 Å². The molecule has 0 fully saturated rings. The van der Waals surface area contributed by atoms with E-state index < -0.39 is 10.8 Å². The van der Waals surface area contributed by atoms with Gasteiger partial charge in [-0.25, -0.2) is 0 Å². The third-order valence-corrected chi connectivity index (χ3v) is 4.37. The highest BCUT2D eigenvalue weighted by Crippen LogP contribution is 2.17. The predicted molar refractivity (Wildman–Crippen MR) is 68.4 cm³/mol. The summed E-state index contributed by atoms with van der Waals surface area (Å²) in [5.74, 6) is -0.324. The van der Waals surface area contributed by atoms with Crippen LogP contribution in [0.4, 0.5) is 0 Å². The van der Waals surface area contributed by atoms with Crippen molar-refractivity contribution in [1.82, 2.24) is 0 Å². The van der Waals surface area contributed by atoms with Gasteiger partial charge in [-0.1, -0.05) is 6.07 Å². The van der Waals surface area contributed by atoms with Crippen molar-refractivity contribution in [3.05, 3.63) is 29.3 Å². The lowest BCUT2D eigenvalue weighted by molar-refractivity contribution is -0.140. The highest BCUT2D eigenvalue weighted by Gasteiger charge is 2.17. The molecule has 0 aliphatic rings. The Morgan fingerprint density at radius 1 is 1.35 bits per heavy atom. The highest BCUT2D eigenvalue weighted by molar-refractivity contribution is 7.85. The average molecular weight is 254 g/mol. The molecule has 1 rings (SSSR count). The first-order chi connectivity index (χ1) is 7.95. The summed E-state index contributed by atoms with van der Waals surface area (Å²) in [6.07, 6.45) is 0.177. The molecule has 0 N–H and O–H groups in total. The monoisotopic (exact) mass is 254 g/mol. The molecule has 0 aliphatic heterocycles. The van der Waals surface area contributed by atoms with Gasteiger partial charge in [-0.15, -0.1) is 0 Å². The second kappa shape index (κ2) is 5.96. The lowest BCUT2D eigenvalue weighted by atomic mass is 10.1. The number of rotatable bonds is 4. The Bertz CT molecular complexity index is 440. The zero-order valence-electron chi connectivity index (χ0n) is 10.6. The van der Waals surface area contributed by atoms with Crippen molar-refractivity contribution in [3.8, 4) is 0 Å². The highest BCUT2D eigenvalue weighted by atomic mass is 32.2. The van der Waals surface area contributed by atoms with Crippen LogP contribution < -0.4 is 0 Å². The minimum atomic E-state index is -1.17. The molecule has 1 aromatic rings.